The number of H-pyrrole nitrogens is 1. The van der Waals surface area contributed by atoms with Gasteiger partial charge >= 0.3 is 0 Å². The summed E-state index contributed by atoms with van der Waals surface area (Å²) in [6.45, 7) is 0. The number of benzene rings is 2. The number of rotatable bonds is 3. The molecule has 0 radical (unpaired) electrons. The molecule has 0 amide bonds. The van der Waals surface area contributed by atoms with E-state index in [1.165, 1.54) is 4.68 Å². The van der Waals surface area contributed by atoms with Crippen LogP contribution in [-0.2, 0) is 0 Å². The van der Waals surface area contributed by atoms with Crippen molar-refractivity contribution < 1.29 is 0 Å². The third-order valence-corrected chi connectivity index (χ3v) is 4.11. The van der Waals surface area contributed by atoms with E-state index < -0.39 is 0 Å². The van der Waals surface area contributed by atoms with E-state index in [1.807, 2.05) is 12.1 Å². The van der Waals surface area contributed by atoms with Crippen molar-refractivity contribution in [3.63, 3.8) is 0 Å². The second-order valence-electron chi connectivity index (χ2n) is 4.58. The fourth-order valence-corrected chi connectivity index (χ4v) is 2.67. The first-order valence-corrected chi connectivity index (χ1v) is 8.01. The maximum atomic E-state index is 6.13. The molecule has 0 saturated heterocycles. The highest BCUT2D eigenvalue weighted by Crippen LogP contribution is 2.21. The molecule has 3 aromatic rings. The molecular weight excluding hydrogens is 375 g/mol. The highest BCUT2D eigenvalue weighted by Gasteiger charge is 2.08. The maximum absolute atomic E-state index is 6.13. The van der Waals surface area contributed by atoms with E-state index in [0.717, 1.165) is 11.1 Å². The monoisotopic (exact) mass is 382 g/mol. The molecule has 1 heterocycles. The number of hydrogen-bond donors (Lipinski definition) is 1. The molecule has 23 heavy (non-hydrogen) atoms. The lowest BCUT2D eigenvalue weighted by molar-refractivity contribution is 0.871. The van der Waals surface area contributed by atoms with Crippen LogP contribution in [0, 0.1) is 4.77 Å². The highest BCUT2D eigenvalue weighted by atomic mass is 35.5. The molecule has 1 aromatic heterocycles. The quantitative estimate of drug-likeness (QED) is 0.483. The van der Waals surface area contributed by atoms with E-state index in [-0.39, 0.29) is 0 Å². The predicted molar refractivity (Wildman–Crippen MR) is 97.3 cm³/mol. The highest BCUT2D eigenvalue weighted by molar-refractivity contribution is 7.71. The van der Waals surface area contributed by atoms with Crippen molar-refractivity contribution in [2.24, 2.45) is 5.10 Å². The fraction of sp³-hybridized carbons (Fsp3) is 0. The molecule has 0 spiro atoms. The van der Waals surface area contributed by atoms with Crippen LogP contribution in [0.5, 0.6) is 0 Å². The second kappa shape index (κ2) is 6.84. The van der Waals surface area contributed by atoms with Crippen LogP contribution >= 0.6 is 47.0 Å². The van der Waals surface area contributed by atoms with E-state index in [1.54, 1.807) is 36.5 Å². The SMILES string of the molecule is S=c1[nH]nc(-c2ccc(Cl)cc2)n1N=Cc1ccc(Cl)cc1Cl. The van der Waals surface area contributed by atoms with Gasteiger partial charge in [-0.25, -0.2) is 5.10 Å². The van der Waals surface area contributed by atoms with Crippen LogP contribution in [0.3, 0.4) is 0 Å². The van der Waals surface area contributed by atoms with Gasteiger partial charge in [0.2, 0.25) is 4.77 Å². The molecule has 8 heteroatoms. The molecule has 3 rings (SSSR count). The molecule has 0 bridgehead atoms. The summed E-state index contributed by atoms with van der Waals surface area (Å²) < 4.78 is 1.89. The van der Waals surface area contributed by atoms with Crippen LogP contribution in [0.2, 0.25) is 15.1 Å². The van der Waals surface area contributed by atoms with Crippen LogP contribution in [0.1, 0.15) is 5.56 Å². The van der Waals surface area contributed by atoms with Gasteiger partial charge in [0.25, 0.3) is 0 Å². The van der Waals surface area contributed by atoms with Gasteiger partial charge in [-0.1, -0.05) is 40.9 Å². The number of nitrogens with zero attached hydrogens (tertiary/aromatic N) is 3. The Morgan fingerprint density at radius 3 is 2.43 bits per heavy atom. The molecule has 0 aliphatic heterocycles. The lowest BCUT2D eigenvalue weighted by Crippen LogP contribution is -1.95. The topological polar surface area (TPSA) is 46.0 Å². The summed E-state index contributed by atoms with van der Waals surface area (Å²) in [6, 6.07) is 12.4. The summed E-state index contributed by atoms with van der Waals surface area (Å²) in [5, 5.41) is 13.0. The van der Waals surface area contributed by atoms with Crippen molar-refractivity contribution >= 4 is 53.2 Å². The molecule has 1 N–H and O–H groups in total. The van der Waals surface area contributed by atoms with Gasteiger partial charge < -0.3 is 0 Å². The minimum absolute atomic E-state index is 0.372. The van der Waals surface area contributed by atoms with Gasteiger partial charge in [-0.3, -0.25) is 0 Å². The van der Waals surface area contributed by atoms with Crippen LogP contribution in [0.4, 0.5) is 0 Å². The van der Waals surface area contributed by atoms with E-state index in [9.17, 15) is 0 Å². The Hall–Kier alpha value is -1.66. The van der Waals surface area contributed by atoms with Gasteiger partial charge in [0.05, 0.1) is 11.2 Å². The Morgan fingerprint density at radius 1 is 1.04 bits per heavy atom. The van der Waals surface area contributed by atoms with Crippen molar-refractivity contribution in [3.05, 3.63) is 67.9 Å². The smallest absolute Gasteiger partial charge is 0.216 e. The zero-order valence-corrected chi connectivity index (χ0v) is 14.6. The molecule has 0 aliphatic carbocycles. The molecule has 0 unspecified atom stereocenters. The molecule has 0 atom stereocenters. The summed E-state index contributed by atoms with van der Waals surface area (Å²) in [7, 11) is 0. The zero-order valence-electron chi connectivity index (χ0n) is 11.5. The van der Waals surface area contributed by atoms with Crippen LogP contribution in [-0.4, -0.2) is 21.1 Å². The summed E-state index contributed by atoms with van der Waals surface area (Å²) in [5.74, 6) is 0.577. The van der Waals surface area contributed by atoms with Gasteiger partial charge in [0.15, 0.2) is 5.82 Å². The number of aromatic amines is 1. The Morgan fingerprint density at radius 2 is 1.74 bits per heavy atom. The lowest BCUT2D eigenvalue weighted by Gasteiger charge is -2.02. The Bertz CT molecular complexity index is 929. The van der Waals surface area contributed by atoms with E-state index in [4.69, 9.17) is 47.0 Å². The number of aromatic nitrogens is 3. The fourth-order valence-electron chi connectivity index (χ4n) is 1.91. The van der Waals surface area contributed by atoms with Crippen LogP contribution in [0.15, 0.2) is 47.6 Å². The van der Waals surface area contributed by atoms with Crippen molar-refractivity contribution in [2.75, 3.05) is 0 Å². The Kier molecular flexibility index (Phi) is 4.82. The first-order chi connectivity index (χ1) is 11.0. The summed E-state index contributed by atoms with van der Waals surface area (Å²) in [6.07, 6.45) is 1.60. The minimum Gasteiger partial charge on any atom is -0.250 e. The summed E-state index contributed by atoms with van der Waals surface area (Å²) in [4.78, 5) is 0. The van der Waals surface area contributed by atoms with Gasteiger partial charge in [0.1, 0.15) is 0 Å². The number of hydrogen-bond acceptors (Lipinski definition) is 3. The largest absolute Gasteiger partial charge is 0.250 e. The number of halogens is 3. The van der Waals surface area contributed by atoms with E-state index in [2.05, 4.69) is 15.3 Å². The first kappa shape index (κ1) is 16.2. The molecule has 2 aromatic carbocycles. The summed E-state index contributed by atoms with van der Waals surface area (Å²) in [5.41, 5.74) is 1.56. The lowest BCUT2D eigenvalue weighted by atomic mass is 10.2. The molecule has 116 valence electrons. The molecule has 0 aliphatic rings. The standard InChI is InChI=1S/C15H9Cl3N4S/c16-11-4-1-9(2-5-11)14-20-21-15(23)22(14)19-8-10-3-6-12(17)7-13(10)18/h1-8H,(H,21,23). The van der Waals surface area contributed by atoms with Crippen LogP contribution < -0.4 is 0 Å². The first-order valence-electron chi connectivity index (χ1n) is 6.47. The number of nitrogens with one attached hydrogen (secondary N) is 1. The predicted octanol–water partition coefficient (Wildman–Crippen LogP) is 5.45. The van der Waals surface area contributed by atoms with Gasteiger partial charge in [-0.15, -0.1) is 0 Å². The van der Waals surface area contributed by atoms with Crippen molar-refractivity contribution in [1.29, 1.82) is 0 Å². The zero-order chi connectivity index (χ0) is 16.4. The van der Waals surface area contributed by atoms with Gasteiger partial charge in [0, 0.05) is 21.2 Å². The molecular formula is C15H9Cl3N4S. The van der Waals surface area contributed by atoms with Gasteiger partial charge in [-0.2, -0.15) is 14.9 Å². The van der Waals surface area contributed by atoms with Crippen molar-refractivity contribution in [3.8, 4) is 11.4 Å². The molecule has 0 fully saturated rings. The molecule has 4 nitrogen and oxygen atoms in total. The Labute approximate surface area is 152 Å². The van der Waals surface area contributed by atoms with E-state index >= 15 is 0 Å². The van der Waals surface area contributed by atoms with Crippen molar-refractivity contribution in [2.45, 2.75) is 0 Å². The normalized spacial score (nSPS) is 11.3. The van der Waals surface area contributed by atoms with E-state index in [0.29, 0.717) is 25.7 Å². The third-order valence-electron chi connectivity index (χ3n) is 3.03. The minimum atomic E-state index is 0.372. The summed E-state index contributed by atoms with van der Waals surface area (Å²) >= 11 is 23.1. The molecule has 0 saturated carbocycles. The average Bonchev–Trinajstić information content (AvgIpc) is 2.88. The third kappa shape index (κ3) is 3.64. The second-order valence-corrected chi connectivity index (χ2v) is 6.25. The van der Waals surface area contributed by atoms with Crippen LogP contribution in [0.25, 0.3) is 11.4 Å². The Balaban J connectivity index is 2.00. The average molecular weight is 384 g/mol. The van der Waals surface area contributed by atoms with Gasteiger partial charge in [-0.05, 0) is 48.6 Å². The maximum Gasteiger partial charge on any atom is 0.216 e. The van der Waals surface area contributed by atoms with Crippen molar-refractivity contribution in [1.82, 2.24) is 14.9 Å².